The average molecular weight is 373 g/mol. The second kappa shape index (κ2) is 10.2. The van der Waals surface area contributed by atoms with Gasteiger partial charge in [-0.05, 0) is 26.2 Å². The van der Waals surface area contributed by atoms with Crippen LogP contribution in [0.3, 0.4) is 0 Å². The van der Waals surface area contributed by atoms with E-state index in [2.05, 4.69) is 15.1 Å². The van der Waals surface area contributed by atoms with Crippen molar-refractivity contribution in [2.75, 3.05) is 72.5 Å². The summed E-state index contributed by atoms with van der Waals surface area (Å²) in [4.78, 5) is 18.3. The molecule has 0 bridgehead atoms. The van der Waals surface area contributed by atoms with Gasteiger partial charge in [0.05, 0.1) is 14.2 Å². The molecule has 0 aromatic heterocycles. The van der Waals surface area contributed by atoms with Gasteiger partial charge >= 0.3 is 6.03 Å². The number of amides is 2. The summed E-state index contributed by atoms with van der Waals surface area (Å²) >= 11 is 0. The highest BCUT2D eigenvalue weighted by Gasteiger charge is 2.21. The predicted molar refractivity (Wildman–Crippen MR) is 103 cm³/mol. The van der Waals surface area contributed by atoms with E-state index in [0.717, 1.165) is 36.8 Å². The maximum Gasteiger partial charge on any atom is 0.317 e. The van der Waals surface area contributed by atoms with Crippen LogP contribution in [0.4, 0.5) is 10.5 Å². The highest BCUT2D eigenvalue weighted by atomic mass is 35.5. The first-order chi connectivity index (χ1) is 11.5. The fourth-order valence-electron chi connectivity index (χ4n) is 2.69. The molecule has 2 rings (SSSR count). The third-order valence-electron chi connectivity index (χ3n) is 4.13. The number of carbonyl (C=O) groups is 1. The van der Waals surface area contributed by atoms with Crippen LogP contribution in [0, 0.1) is 0 Å². The number of likely N-dealkylation sites (N-methyl/N-ethyl adjacent to an activating group) is 1. The van der Waals surface area contributed by atoms with Gasteiger partial charge in [-0.15, -0.1) is 12.4 Å². The lowest BCUT2D eigenvalue weighted by molar-refractivity contribution is 0.193. The number of hydrogen-bond donors (Lipinski definition) is 1. The summed E-state index contributed by atoms with van der Waals surface area (Å²) in [6, 6.07) is 5.93. The number of methoxy groups -OCH3 is 2. The van der Waals surface area contributed by atoms with Gasteiger partial charge in [-0.3, -0.25) is 0 Å². The van der Waals surface area contributed by atoms with Crippen LogP contribution in [0.5, 0.6) is 11.5 Å². The molecule has 142 valence electrons. The molecule has 2 amide bonds. The highest BCUT2D eigenvalue weighted by molar-refractivity contribution is 5.85. The Labute approximate surface area is 156 Å². The lowest BCUT2D eigenvalue weighted by Gasteiger charge is -2.36. The quantitative estimate of drug-likeness (QED) is 0.820. The van der Waals surface area contributed by atoms with Gasteiger partial charge in [0.2, 0.25) is 0 Å². The van der Waals surface area contributed by atoms with Gasteiger partial charge in [0.25, 0.3) is 0 Å². The second-order valence-corrected chi connectivity index (χ2v) is 6.05. The summed E-state index contributed by atoms with van der Waals surface area (Å²) in [5.74, 6) is 1.44. The van der Waals surface area contributed by atoms with Gasteiger partial charge in [-0.1, -0.05) is 0 Å². The van der Waals surface area contributed by atoms with E-state index in [1.54, 1.807) is 14.2 Å². The zero-order valence-corrected chi connectivity index (χ0v) is 16.3. The third-order valence-corrected chi connectivity index (χ3v) is 4.13. The van der Waals surface area contributed by atoms with Crippen LogP contribution >= 0.6 is 12.4 Å². The van der Waals surface area contributed by atoms with E-state index in [0.29, 0.717) is 19.6 Å². The van der Waals surface area contributed by atoms with Crippen molar-refractivity contribution in [2.45, 2.75) is 0 Å². The number of nitrogens with zero attached hydrogens (tertiary/aromatic N) is 3. The number of piperazine rings is 1. The van der Waals surface area contributed by atoms with Gasteiger partial charge in [-0.25, -0.2) is 4.79 Å². The fourth-order valence-corrected chi connectivity index (χ4v) is 2.69. The van der Waals surface area contributed by atoms with Crippen LogP contribution in [0.15, 0.2) is 18.2 Å². The number of halogens is 1. The van der Waals surface area contributed by atoms with Crippen molar-refractivity contribution in [2.24, 2.45) is 0 Å². The van der Waals surface area contributed by atoms with E-state index < -0.39 is 0 Å². The Morgan fingerprint density at radius 3 is 2.32 bits per heavy atom. The molecule has 0 atom stereocenters. The number of benzene rings is 1. The van der Waals surface area contributed by atoms with Crippen molar-refractivity contribution >= 4 is 24.1 Å². The number of urea groups is 1. The molecular formula is C17H29ClN4O3. The first-order valence-corrected chi connectivity index (χ1v) is 8.19. The summed E-state index contributed by atoms with van der Waals surface area (Å²) in [6.45, 7) is 4.54. The Bertz CT molecular complexity index is 549. The average Bonchev–Trinajstić information content (AvgIpc) is 2.60. The van der Waals surface area contributed by atoms with Crippen molar-refractivity contribution in [3.05, 3.63) is 18.2 Å². The SMILES string of the molecule is COc1ccc(N2CCN(C(=O)NCCN(C)C)CC2)cc1OC.Cl. The van der Waals surface area contributed by atoms with Crippen LogP contribution in [0.25, 0.3) is 0 Å². The molecular weight excluding hydrogens is 344 g/mol. The van der Waals surface area contributed by atoms with Crippen LogP contribution in [0.2, 0.25) is 0 Å². The minimum atomic E-state index is 0. The molecule has 0 aliphatic carbocycles. The smallest absolute Gasteiger partial charge is 0.317 e. The summed E-state index contributed by atoms with van der Waals surface area (Å²) < 4.78 is 10.6. The number of nitrogens with one attached hydrogen (secondary N) is 1. The van der Waals surface area contributed by atoms with Crippen LogP contribution < -0.4 is 19.7 Å². The predicted octanol–water partition coefficient (Wildman–Crippen LogP) is 1.52. The van der Waals surface area contributed by atoms with Crippen molar-refractivity contribution in [3.63, 3.8) is 0 Å². The Morgan fingerprint density at radius 1 is 1.12 bits per heavy atom. The molecule has 25 heavy (non-hydrogen) atoms. The molecule has 1 aromatic rings. The molecule has 1 fully saturated rings. The minimum absolute atomic E-state index is 0. The monoisotopic (exact) mass is 372 g/mol. The summed E-state index contributed by atoms with van der Waals surface area (Å²) in [7, 11) is 7.25. The first kappa shape index (κ1) is 21.2. The maximum absolute atomic E-state index is 12.1. The highest BCUT2D eigenvalue weighted by Crippen LogP contribution is 2.31. The Hall–Kier alpha value is -1.86. The van der Waals surface area contributed by atoms with E-state index in [4.69, 9.17) is 9.47 Å². The summed E-state index contributed by atoms with van der Waals surface area (Å²) in [6.07, 6.45) is 0. The van der Waals surface area contributed by atoms with Gasteiger partial charge in [-0.2, -0.15) is 0 Å². The second-order valence-electron chi connectivity index (χ2n) is 6.05. The number of rotatable bonds is 6. The zero-order valence-electron chi connectivity index (χ0n) is 15.4. The Kier molecular flexibility index (Phi) is 8.65. The number of hydrogen-bond acceptors (Lipinski definition) is 5. The Morgan fingerprint density at radius 2 is 1.76 bits per heavy atom. The largest absolute Gasteiger partial charge is 0.493 e. The van der Waals surface area contributed by atoms with Crippen LogP contribution in [0.1, 0.15) is 0 Å². The van der Waals surface area contributed by atoms with Crippen molar-refractivity contribution < 1.29 is 14.3 Å². The third kappa shape index (κ3) is 5.86. The Balaban J connectivity index is 0.00000312. The van der Waals surface area contributed by atoms with Gasteiger partial charge < -0.3 is 29.5 Å². The van der Waals surface area contributed by atoms with Crippen LogP contribution in [-0.4, -0.2) is 83.4 Å². The molecule has 1 aromatic carbocycles. The first-order valence-electron chi connectivity index (χ1n) is 8.19. The lowest BCUT2D eigenvalue weighted by atomic mass is 10.2. The number of carbonyl (C=O) groups excluding carboxylic acids is 1. The molecule has 1 heterocycles. The standard InChI is InChI=1S/C17H28N4O3.ClH/c1-19(2)8-7-18-17(22)21-11-9-20(10-12-21)14-5-6-15(23-3)16(13-14)24-4;/h5-6,13H,7-12H2,1-4H3,(H,18,22);1H. The van der Waals surface area contributed by atoms with Crippen LogP contribution in [-0.2, 0) is 0 Å². The topological polar surface area (TPSA) is 57.3 Å². The van der Waals surface area contributed by atoms with Gasteiger partial charge in [0.15, 0.2) is 11.5 Å². The van der Waals surface area contributed by atoms with Crippen molar-refractivity contribution in [1.82, 2.24) is 15.1 Å². The van der Waals surface area contributed by atoms with Crippen molar-refractivity contribution in [1.29, 1.82) is 0 Å². The van der Waals surface area contributed by atoms with E-state index >= 15 is 0 Å². The number of anilines is 1. The van der Waals surface area contributed by atoms with Gasteiger partial charge in [0.1, 0.15) is 0 Å². The fraction of sp³-hybridized carbons (Fsp3) is 0.588. The van der Waals surface area contributed by atoms with E-state index in [-0.39, 0.29) is 18.4 Å². The normalized spacial score (nSPS) is 14.1. The molecule has 1 N–H and O–H groups in total. The summed E-state index contributed by atoms with van der Waals surface area (Å²) in [5.41, 5.74) is 1.08. The van der Waals surface area contributed by atoms with E-state index in [1.165, 1.54) is 0 Å². The number of ether oxygens (including phenoxy) is 2. The molecule has 0 spiro atoms. The zero-order chi connectivity index (χ0) is 17.5. The van der Waals surface area contributed by atoms with E-state index in [9.17, 15) is 4.79 Å². The lowest BCUT2D eigenvalue weighted by Crippen LogP contribution is -2.52. The maximum atomic E-state index is 12.1. The molecule has 1 aliphatic heterocycles. The molecule has 0 unspecified atom stereocenters. The van der Waals surface area contributed by atoms with Crippen molar-refractivity contribution in [3.8, 4) is 11.5 Å². The molecule has 1 aliphatic rings. The molecule has 0 radical (unpaired) electrons. The van der Waals surface area contributed by atoms with E-state index in [1.807, 2.05) is 37.2 Å². The molecule has 8 heteroatoms. The molecule has 0 saturated carbocycles. The molecule has 7 nitrogen and oxygen atoms in total. The minimum Gasteiger partial charge on any atom is -0.493 e. The molecule has 1 saturated heterocycles. The van der Waals surface area contributed by atoms with Gasteiger partial charge in [0, 0.05) is 51.0 Å². The summed E-state index contributed by atoms with van der Waals surface area (Å²) in [5, 5.41) is 2.96.